The maximum absolute atomic E-state index is 11.2. The first-order valence-electron chi connectivity index (χ1n) is 7.40. The van der Waals surface area contributed by atoms with Gasteiger partial charge in [-0.1, -0.05) is 6.07 Å². The zero-order valence-corrected chi connectivity index (χ0v) is 14.2. The summed E-state index contributed by atoms with van der Waals surface area (Å²) in [7, 11) is 1.67. The van der Waals surface area contributed by atoms with Gasteiger partial charge in [0.25, 0.3) is 0 Å². The van der Waals surface area contributed by atoms with Gasteiger partial charge in [-0.25, -0.2) is 0 Å². The number of primary amides is 1. The summed E-state index contributed by atoms with van der Waals surface area (Å²) in [5.41, 5.74) is 6.59. The van der Waals surface area contributed by atoms with E-state index in [0.717, 1.165) is 35.9 Å². The lowest BCUT2D eigenvalue weighted by Gasteiger charge is -2.30. The van der Waals surface area contributed by atoms with Gasteiger partial charge in [-0.05, 0) is 66.2 Å². The molecule has 0 bridgehead atoms. The number of hydrogen-bond donors (Lipinski definition) is 2. The summed E-state index contributed by atoms with van der Waals surface area (Å²) in [5.74, 6) is 0.752. The Morgan fingerprint density at radius 1 is 1.38 bits per heavy atom. The second-order valence-electron chi connectivity index (χ2n) is 5.73. The molecule has 4 nitrogen and oxygen atoms in total. The molecule has 0 heterocycles. The molecule has 116 valence electrons. The predicted molar refractivity (Wildman–Crippen MR) is 87.2 cm³/mol. The van der Waals surface area contributed by atoms with Crippen LogP contribution in [0.4, 0.5) is 0 Å². The SMILES string of the molecule is COc1ccc(C(C)NC2CCC(C(N)=O)CC2)cc1Br. The summed E-state index contributed by atoms with van der Waals surface area (Å²) >= 11 is 3.52. The Hall–Kier alpha value is -1.07. The molecule has 5 heteroatoms. The molecule has 1 amide bonds. The van der Waals surface area contributed by atoms with Crippen LogP contribution in [-0.2, 0) is 4.79 Å². The molecule has 0 spiro atoms. The number of amides is 1. The monoisotopic (exact) mass is 354 g/mol. The van der Waals surface area contributed by atoms with Crippen molar-refractivity contribution in [3.05, 3.63) is 28.2 Å². The first-order valence-corrected chi connectivity index (χ1v) is 8.19. The van der Waals surface area contributed by atoms with Crippen molar-refractivity contribution in [2.45, 2.75) is 44.7 Å². The number of methoxy groups -OCH3 is 1. The molecule has 0 radical (unpaired) electrons. The Kier molecular flexibility index (Phi) is 5.65. The van der Waals surface area contributed by atoms with Crippen LogP contribution in [-0.4, -0.2) is 19.1 Å². The highest BCUT2D eigenvalue weighted by atomic mass is 79.9. The van der Waals surface area contributed by atoms with Gasteiger partial charge in [0, 0.05) is 18.0 Å². The highest BCUT2D eigenvalue weighted by molar-refractivity contribution is 9.10. The number of carbonyl (C=O) groups is 1. The van der Waals surface area contributed by atoms with E-state index in [0.29, 0.717) is 6.04 Å². The Morgan fingerprint density at radius 2 is 2.05 bits per heavy atom. The second-order valence-corrected chi connectivity index (χ2v) is 6.59. The summed E-state index contributed by atoms with van der Waals surface area (Å²) in [4.78, 5) is 11.2. The Labute approximate surface area is 134 Å². The summed E-state index contributed by atoms with van der Waals surface area (Å²) in [6, 6.07) is 6.86. The van der Waals surface area contributed by atoms with Gasteiger partial charge in [-0.2, -0.15) is 0 Å². The third-order valence-electron chi connectivity index (χ3n) is 4.29. The molecule has 21 heavy (non-hydrogen) atoms. The third-order valence-corrected chi connectivity index (χ3v) is 4.91. The van der Waals surface area contributed by atoms with E-state index in [-0.39, 0.29) is 17.9 Å². The van der Waals surface area contributed by atoms with Crippen molar-refractivity contribution >= 4 is 21.8 Å². The van der Waals surface area contributed by atoms with Crippen molar-refractivity contribution in [1.82, 2.24) is 5.32 Å². The van der Waals surface area contributed by atoms with Crippen molar-refractivity contribution in [1.29, 1.82) is 0 Å². The average molecular weight is 355 g/mol. The van der Waals surface area contributed by atoms with Crippen LogP contribution >= 0.6 is 15.9 Å². The lowest BCUT2D eigenvalue weighted by atomic mass is 9.85. The average Bonchev–Trinajstić information content (AvgIpc) is 2.47. The molecule has 3 N–H and O–H groups in total. The number of hydrogen-bond acceptors (Lipinski definition) is 3. The van der Waals surface area contributed by atoms with Gasteiger partial charge in [0.05, 0.1) is 11.6 Å². The highest BCUT2D eigenvalue weighted by Gasteiger charge is 2.25. The first kappa shape index (κ1) is 16.3. The molecular weight excluding hydrogens is 332 g/mol. The van der Waals surface area contributed by atoms with Crippen LogP contribution in [0.3, 0.4) is 0 Å². The van der Waals surface area contributed by atoms with Crippen LogP contribution in [0.25, 0.3) is 0 Å². The quantitative estimate of drug-likeness (QED) is 0.853. The minimum Gasteiger partial charge on any atom is -0.496 e. The van der Waals surface area contributed by atoms with E-state index in [9.17, 15) is 4.79 Å². The van der Waals surface area contributed by atoms with Gasteiger partial charge < -0.3 is 15.8 Å². The van der Waals surface area contributed by atoms with Gasteiger partial charge >= 0.3 is 0 Å². The number of nitrogens with one attached hydrogen (secondary N) is 1. The molecule has 0 aromatic heterocycles. The molecule has 1 aliphatic rings. The molecule has 0 saturated heterocycles. The summed E-state index contributed by atoms with van der Waals surface area (Å²) in [5, 5.41) is 3.65. The van der Waals surface area contributed by atoms with Crippen LogP contribution < -0.4 is 15.8 Å². The minimum atomic E-state index is -0.152. The fourth-order valence-corrected chi connectivity index (χ4v) is 3.50. The van der Waals surface area contributed by atoms with E-state index in [2.05, 4.69) is 40.3 Å². The van der Waals surface area contributed by atoms with Gasteiger partial charge in [0.15, 0.2) is 0 Å². The van der Waals surface area contributed by atoms with E-state index in [1.807, 2.05) is 6.07 Å². The molecule has 0 aliphatic heterocycles. The Balaban J connectivity index is 1.91. The standard InChI is InChI=1S/C16H23BrN2O2/c1-10(12-5-8-15(21-2)14(17)9-12)19-13-6-3-11(4-7-13)16(18)20/h5,8-11,13,19H,3-4,6-7H2,1-2H3,(H2,18,20). The molecular formula is C16H23BrN2O2. The summed E-state index contributed by atoms with van der Waals surface area (Å²) < 4.78 is 6.22. The first-order chi connectivity index (χ1) is 10.0. The van der Waals surface area contributed by atoms with Crippen molar-refractivity contribution in [2.75, 3.05) is 7.11 Å². The summed E-state index contributed by atoms with van der Waals surface area (Å²) in [6.07, 6.45) is 3.81. The van der Waals surface area contributed by atoms with Gasteiger partial charge in [0.1, 0.15) is 5.75 Å². The van der Waals surface area contributed by atoms with E-state index < -0.39 is 0 Å². The van der Waals surface area contributed by atoms with Crippen LogP contribution in [0, 0.1) is 5.92 Å². The van der Waals surface area contributed by atoms with E-state index in [1.165, 1.54) is 5.56 Å². The van der Waals surface area contributed by atoms with Crippen molar-refractivity contribution in [2.24, 2.45) is 11.7 Å². The van der Waals surface area contributed by atoms with Gasteiger partial charge in [0.2, 0.25) is 5.91 Å². The molecule has 1 saturated carbocycles. The molecule has 2 rings (SSSR count). The largest absolute Gasteiger partial charge is 0.496 e. The maximum atomic E-state index is 11.2. The van der Waals surface area contributed by atoms with Crippen molar-refractivity contribution in [3.8, 4) is 5.75 Å². The lowest BCUT2D eigenvalue weighted by molar-refractivity contribution is -0.122. The van der Waals surface area contributed by atoms with Crippen LogP contribution in [0.2, 0.25) is 0 Å². The van der Waals surface area contributed by atoms with Gasteiger partial charge in [-0.15, -0.1) is 0 Å². The fourth-order valence-electron chi connectivity index (χ4n) is 2.95. The molecule has 1 aromatic rings. The number of halogens is 1. The second kappa shape index (κ2) is 7.27. The third kappa shape index (κ3) is 4.20. The van der Waals surface area contributed by atoms with Crippen LogP contribution in [0.1, 0.15) is 44.2 Å². The van der Waals surface area contributed by atoms with E-state index in [4.69, 9.17) is 10.5 Å². The highest BCUT2D eigenvalue weighted by Crippen LogP contribution is 2.30. The topological polar surface area (TPSA) is 64.3 Å². The predicted octanol–water partition coefficient (Wildman–Crippen LogP) is 3.15. The van der Waals surface area contributed by atoms with Crippen molar-refractivity contribution < 1.29 is 9.53 Å². The Bertz CT molecular complexity index is 499. The van der Waals surface area contributed by atoms with Crippen LogP contribution in [0.5, 0.6) is 5.75 Å². The minimum absolute atomic E-state index is 0.0634. The van der Waals surface area contributed by atoms with E-state index >= 15 is 0 Å². The molecule has 1 atom stereocenters. The zero-order chi connectivity index (χ0) is 15.4. The number of ether oxygens (including phenoxy) is 1. The number of benzene rings is 1. The number of rotatable bonds is 5. The normalized spacial score (nSPS) is 23.6. The zero-order valence-electron chi connectivity index (χ0n) is 12.6. The molecule has 1 aliphatic carbocycles. The molecule has 1 aromatic carbocycles. The molecule has 1 unspecified atom stereocenters. The lowest BCUT2D eigenvalue weighted by Crippen LogP contribution is -2.37. The fraction of sp³-hybridized carbons (Fsp3) is 0.562. The van der Waals surface area contributed by atoms with Crippen molar-refractivity contribution in [3.63, 3.8) is 0 Å². The van der Waals surface area contributed by atoms with Crippen LogP contribution in [0.15, 0.2) is 22.7 Å². The number of nitrogens with two attached hydrogens (primary N) is 1. The van der Waals surface area contributed by atoms with Gasteiger partial charge in [-0.3, -0.25) is 4.79 Å². The number of carbonyl (C=O) groups excluding carboxylic acids is 1. The smallest absolute Gasteiger partial charge is 0.220 e. The maximum Gasteiger partial charge on any atom is 0.220 e. The molecule has 1 fully saturated rings. The Morgan fingerprint density at radius 3 is 2.57 bits per heavy atom. The summed E-state index contributed by atoms with van der Waals surface area (Å²) in [6.45, 7) is 2.16. The van der Waals surface area contributed by atoms with E-state index in [1.54, 1.807) is 7.11 Å².